The number of benzene rings is 2. The van der Waals surface area contributed by atoms with Gasteiger partial charge in [0.1, 0.15) is 6.61 Å². The van der Waals surface area contributed by atoms with Gasteiger partial charge in [-0.15, -0.1) is 0 Å². The SMILES string of the molecule is C=CCOC(=O)c1ccccc1NS(=O)(=O)c1ccc(C(C)=O)cc1. The number of ether oxygens (including phenoxy) is 1. The molecule has 25 heavy (non-hydrogen) atoms. The van der Waals surface area contributed by atoms with Gasteiger partial charge in [-0.1, -0.05) is 36.9 Å². The van der Waals surface area contributed by atoms with Crippen LogP contribution in [0, 0.1) is 0 Å². The average Bonchev–Trinajstić information content (AvgIpc) is 2.60. The summed E-state index contributed by atoms with van der Waals surface area (Å²) in [4.78, 5) is 23.3. The van der Waals surface area contributed by atoms with Crippen LogP contribution < -0.4 is 4.72 Å². The molecule has 7 heteroatoms. The first-order chi connectivity index (χ1) is 11.8. The number of nitrogens with one attached hydrogen (secondary N) is 1. The van der Waals surface area contributed by atoms with E-state index in [9.17, 15) is 18.0 Å². The van der Waals surface area contributed by atoms with E-state index in [1.165, 1.54) is 49.4 Å². The van der Waals surface area contributed by atoms with Gasteiger partial charge in [0.25, 0.3) is 10.0 Å². The van der Waals surface area contributed by atoms with Gasteiger partial charge in [0.2, 0.25) is 0 Å². The van der Waals surface area contributed by atoms with E-state index in [1.54, 1.807) is 12.1 Å². The van der Waals surface area contributed by atoms with Crippen LogP contribution in [0.15, 0.2) is 66.1 Å². The van der Waals surface area contributed by atoms with Gasteiger partial charge in [-0.3, -0.25) is 9.52 Å². The van der Waals surface area contributed by atoms with Crippen molar-refractivity contribution in [1.82, 2.24) is 0 Å². The second-order valence-electron chi connectivity index (χ2n) is 5.12. The molecule has 0 aromatic heterocycles. The van der Waals surface area contributed by atoms with E-state index in [2.05, 4.69) is 11.3 Å². The monoisotopic (exact) mass is 359 g/mol. The van der Waals surface area contributed by atoms with Gasteiger partial charge in [0, 0.05) is 5.56 Å². The van der Waals surface area contributed by atoms with Crippen molar-refractivity contribution >= 4 is 27.5 Å². The molecule has 2 aromatic rings. The standard InChI is InChI=1S/C18H17NO5S/c1-3-12-24-18(21)16-6-4-5-7-17(16)19-25(22,23)15-10-8-14(9-11-15)13(2)20/h3-11,19H,1,12H2,2H3. The van der Waals surface area contributed by atoms with E-state index < -0.39 is 16.0 Å². The Morgan fingerprint density at radius 2 is 1.76 bits per heavy atom. The summed E-state index contributed by atoms with van der Waals surface area (Å²) in [5.41, 5.74) is 0.604. The number of hydrogen-bond donors (Lipinski definition) is 1. The number of Topliss-reactive ketones (excluding diaryl/α,β-unsaturated/α-hetero) is 1. The van der Waals surface area contributed by atoms with E-state index >= 15 is 0 Å². The maximum absolute atomic E-state index is 12.5. The fourth-order valence-corrected chi connectivity index (χ4v) is 3.11. The van der Waals surface area contributed by atoms with Gasteiger partial charge >= 0.3 is 5.97 Å². The minimum absolute atomic E-state index is 0.0203. The van der Waals surface area contributed by atoms with E-state index in [0.717, 1.165) is 0 Å². The fraction of sp³-hybridized carbons (Fsp3) is 0.111. The number of carbonyl (C=O) groups excluding carboxylic acids is 2. The van der Waals surface area contributed by atoms with Crippen LogP contribution >= 0.6 is 0 Å². The normalized spacial score (nSPS) is 10.8. The molecule has 0 bridgehead atoms. The molecule has 1 N–H and O–H groups in total. The molecule has 0 heterocycles. The predicted molar refractivity (Wildman–Crippen MR) is 94.2 cm³/mol. The highest BCUT2D eigenvalue weighted by Gasteiger charge is 2.19. The lowest BCUT2D eigenvalue weighted by molar-refractivity contribution is 0.0551. The molecule has 0 unspecified atom stereocenters. The first kappa shape index (κ1) is 18.4. The average molecular weight is 359 g/mol. The number of rotatable bonds is 7. The molecule has 6 nitrogen and oxygen atoms in total. The van der Waals surface area contributed by atoms with E-state index in [0.29, 0.717) is 5.56 Å². The number of ketones is 1. The van der Waals surface area contributed by atoms with Gasteiger partial charge in [0.05, 0.1) is 16.1 Å². The van der Waals surface area contributed by atoms with Crippen LogP contribution in [-0.2, 0) is 14.8 Å². The molecular weight excluding hydrogens is 342 g/mol. The molecular formula is C18H17NO5S. The van der Waals surface area contributed by atoms with Crippen molar-refractivity contribution in [2.45, 2.75) is 11.8 Å². The quantitative estimate of drug-likeness (QED) is 0.466. The van der Waals surface area contributed by atoms with Gasteiger partial charge in [0.15, 0.2) is 5.78 Å². The third-order valence-corrected chi connectivity index (χ3v) is 4.68. The smallest absolute Gasteiger partial charge is 0.340 e. The zero-order chi connectivity index (χ0) is 18.4. The van der Waals surface area contributed by atoms with Crippen LogP contribution in [0.4, 0.5) is 5.69 Å². The highest BCUT2D eigenvalue weighted by atomic mass is 32.2. The Hall–Kier alpha value is -2.93. The van der Waals surface area contributed by atoms with Crippen molar-refractivity contribution in [3.8, 4) is 0 Å². The Morgan fingerprint density at radius 1 is 1.12 bits per heavy atom. The molecule has 0 aliphatic heterocycles. The lowest BCUT2D eigenvalue weighted by Crippen LogP contribution is -2.16. The molecule has 0 atom stereocenters. The van der Waals surface area contributed by atoms with E-state index in [-0.39, 0.29) is 28.5 Å². The number of hydrogen-bond acceptors (Lipinski definition) is 5. The summed E-state index contributed by atoms with van der Waals surface area (Å²) in [6.45, 7) is 4.87. The number of sulfonamides is 1. The maximum atomic E-state index is 12.5. The minimum Gasteiger partial charge on any atom is -0.458 e. The molecule has 0 amide bonds. The Bertz CT molecular complexity index is 901. The van der Waals surface area contributed by atoms with Crippen LogP contribution in [0.1, 0.15) is 27.6 Å². The van der Waals surface area contributed by atoms with Crippen LogP contribution in [0.3, 0.4) is 0 Å². The number of esters is 1. The lowest BCUT2D eigenvalue weighted by atomic mass is 10.2. The third-order valence-electron chi connectivity index (χ3n) is 3.29. The zero-order valence-corrected chi connectivity index (χ0v) is 14.4. The van der Waals surface area contributed by atoms with Gasteiger partial charge in [-0.05, 0) is 31.2 Å². The summed E-state index contributed by atoms with van der Waals surface area (Å²) >= 11 is 0. The highest BCUT2D eigenvalue weighted by Crippen LogP contribution is 2.21. The lowest BCUT2D eigenvalue weighted by Gasteiger charge is -2.12. The summed E-state index contributed by atoms with van der Waals surface area (Å²) in [6.07, 6.45) is 1.42. The molecule has 2 rings (SSSR count). The topological polar surface area (TPSA) is 89.5 Å². The molecule has 0 saturated carbocycles. The first-order valence-corrected chi connectivity index (χ1v) is 8.84. The summed E-state index contributed by atoms with van der Waals surface area (Å²) in [6, 6.07) is 11.6. The summed E-state index contributed by atoms with van der Waals surface area (Å²) in [7, 11) is -3.92. The first-order valence-electron chi connectivity index (χ1n) is 7.36. The second-order valence-corrected chi connectivity index (χ2v) is 6.80. The molecule has 0 saturated heterocycles. The predicted octanol–water partition coefficient (Wildman–Crippen LogP) is 3.03. The van der Waals surface area contributed by atoms with Crippen molar-refractivity contribution in [1.29, 1.82) is 0 Å². The highest BCUT2D eigenvalue weighted by molar-refractivity contribution is 7.92. The summed E-state index contributed by atoms with van der Waals surface area (Å²) < 4.78 is 32.3. The molecule has 130 valence electrons. The van der Waals surface area contributed by atoms with Crippen molar-refractivity contribution in [2.24, 2.45) is 0 Å². The molecule has 0 fully saturated rings. The molecule has 0 spiro atoms. The molecule has 0 aliphatic carbocycles. The van der Waals surface area contributed by atoms with Crippen LogP contribution in [-0.4, -0.2) is 26.8 Å². The number of para-hydroxylation sites is 1. The van der Waals surface area contributed by atoms with E-state index in [4.69, 9.17) is 4.74 Å². The Balaban J connectivity index is 2.30. The van der Waals surface area contributed by atoms with Crippen LogP contribution in [0.2, 0.25) is 0 Å². The fourth-order valence-electron chi connectivity index (χ4n) is 2.03. The van der Waals surface area contributed by atoms with Crippen molar-refractivity contribution in [3.63, 3.8) is 0 Å². The largest absolute Gasteiger partial charge is 0.458 e. The Labute approximate surface area is 146 Å². The third kappa shape index (κ3) is 4.54. The summed E-state index contributed by atoms with van der Waals surface area (Å²) in [5.74, 6) is -0.822. The summed E-state index contributed by atoms with van der Waals surface area (Å²) in [5, 5.41) is 0. The van der Waals surface area contributed by atoms with Crippen molar-refractivity contribution in [2.75, 3.05) is 11.3 Å². The second kappa shape index (κ2) is 7.76. The van der Waals surface area contributed by atoms with Gasteiger partial charge in [-0.25, -0.2) is 13.2 Å². The molecule has 0 aliphatic rings. The Kier molecular flexibility index (Phi) is 5.71. The molecule has 0 radical (unpaired) electrons. The van der Waals surface area contributed by atoms with Crippen LogP contribution in [0.5, 0.6) is 0 Å². The minimum atomic E-state index is -3.92. The maximum Gasteiger partial charge on any atom is 0.340 e. The van der Waals surface area contributed by atoms with E-state index in [1.807, 2.05) is 0 Å². The Morgan fingerprint density at radius 3 is 2.36 bits per heavy atom. The number of carbonyl (C=O) groups is 2. The molecule has 2 aromatic carbocycles. The zero-order valence-electron chi connectivity index (χ0n) is 13.6. The van der Waals surface area contributed by atoms with Crippen LogP contribution in [0.25, 0.3) is 0 Å². The van der Waals surface area contributed by atoms with Crippen molar-refractivity contribution < 1.29 is 22.7 Å². The number of anilines is 1. The van der Waals surface area contributed by atoms with Gasteiger partial charge in [-0.2, -0.15) is 0 Å². The van der Waals surface area contributed by atoms with Gasteiger partial charge < -0.3 is 4.74 Å². The van der Waals surface area contributed by atoms with Crippen molar-refractivity contribution in [3.05, 3.63) is 72.3 Å².